The first-order chi connectivity index (χ1) is 8.26. The van der Waals surface area contributed by atoms with Gasteiger partial charge in [0.25, 0.3) is 0 Å². The normalized spacial score (nSPS) is 11.8. The lowest BCUT2D eigenvalue weighted by molar-refractivity contribution is 0.408. The summed E-state index contributed by atoms with van der Waals surface area (Å²) in [5.74, 6) is -0.400. The largest absolute Gasteiger partial charge is 0.496 e. The first-order valence-corrected chi connectivity index (χ1v) is 5.12. The number of ether oxygens (including phenoxy) is 1. The van der Waals surface area contributed by atoms with Crippen molar-refractivity contribution in [1.29, 1.82) is 5.26 Å². The Kier molecular flexibility index (Phi) is 3.10. The molecule has 1 aromatic carbocycles. The number of nitrogens with zero attached hydrogens (tertiary/aromatic N) is 1. The highest BCUT2D eigenvalue weighted by molar-refractivity contribution is 5.45. The van der Waals surface area contributed by atoms with E-state index in [1.807, 2.05) is 0 Å². The number of hydrogen-bond acceptors (Lipinski definition) is 2. The number of hydrogen-bond donors (Lipinski definition) is 1. The number of nitriles is 1. The smallest absolute Gasteiger partial charge is 0.123 e. The highest BCUT2D eigenvalue weighted by atomic mass is 19.1. The highest BCUT2D eigenvalue weighted by Crippen LogP contribution is 2.31. The van der Waals surface area contributed by atoms with Crippen molar-refractivity contribution >= 4 is 0 Å². The van der Waals surface area contributed by atoms with E-state index >= 15 is 0 Å². The second-order valence-corrected chi connectivity index (χ2v) is 3.59. The SMILES string of the molecule is COc1ccc(F)cc1C(C#N)c1cc[nH]c1. The van der Waals surface area contributed by atoms with Crippen LogP contribution in [0.3, 0.4) is 0 Å². The van der Waals surface area contributed by atoms with E-state index in [0.717, 1.165) is 5.56 Å². The topological polar surface area (TPSA) is 48.8 Å². The maximum Gasteiger partial charge on any atom is 0.123 e. The molecule has 0 saturated heterocycles. The molecule has 0 fully saturated rings. The Labute approximate surface area is 98.5 Å². The van der Waals surface area contributed by atoms with Gasteiger partial charge in [-0.05, 0) is 29.8 Å². The summed E-state index contributed by atoms with van der Waals surface area (Å²) in [5.41, 5.74) is 1.33. The van der Waals surface area contributed by atoms with Crippen molar-refractivity contribution in [2.45, 2.75) is 5.92 Å². The van der Waals surface area contributed by atoms with Crippen LogP contribution in [0.1, 0.15) is 17.0 Å². The lowest BCUT2D eigenvalue weighted by Gasteiger charge is -2.12. The standard InChI is InChI=1S/C13H11FN2O/c1-17-13-3-2-10(14)6-11(13)12(7-15)9-4-5-16-8-9/h2-6,8,12,16H,1H3. The molecule has 0 aliphatic heterocycles. The number of H-pyrrole nitrogens is 1. The predicted octanol–water partition coefficient (Wildman–Crippen LogP) is 2.82. The van der Waals surface area contributed by atoms with E-state index in [4.69, 9.17) is 4.74 Å². The second kappa shape index (κ2) is 4.71. The zero-order valence-electron chi connectivity index (χ0n) is 9.27. The minimum Gasteiger partial charge on any atom is -0.496 e. The van der Waals surface area contributed by atoms with Gasteiger partial charge in [0.2, 0.25) is 0 Å². The molecule has 0 aliphatic rings. The van der Waals surface area contributed by atoms with E-state index in [0.29, 0.717) is 11.3 Å². The van der Waals surface area contributed by atoms with Crippen LogP contribution in [0.15, 0.2) is 36.7 Å². The summed E-state index contributed by atoms with van der Waals surface area (Å²) >= 11 is 0. The Morgan fingerprint density at radius 2 is 2.24 bits per heavy atom. The quantitative estimate of drug-likeness (QED) is 0.881. The van der Waals surface area contributed by atoms with Crippen LogP contribution in [0.4, 0.5) is 4.39 Å². The van der Waals surface area contributed by atoms with Gasteiger partial charge < -0.3 is 9.72 Å². The third-order valence-corrected chi connectivity index (χ3v) is 2.59. The third kappa shape index (κ3) is 2.13. The Balaban J connectivity index is 2.51. The molecule has 3 nitrogen and oxygen atoms in total. The summed E-state index contributed by atoms with van der Waals surface area (Å²) in [7, 11) is 1.50. The average molecular weight is 230 g/mol. The molecule has 1 atom stereocenters. The molecule has 1 unspecified atom stereocenters. The molecule has 0 amide bonds. The maximum absolute atomic E-state index is 13.2. The summed E-state index contributed by atoms with van der Waals surface area (Å²) in [6, 6.07) is 8.12. The Morgan fingerprint density at radius 3 is 2.82 bits per heavy atom. The first kappa shape index (κ1) is 11.2. The van der Waals surface area contributed by atoms with E-state index in [1.165, 1.54) is 25.3 Å². The van der Waals surface area contributed by atoms with Gasteiger partial charge in [0.05, 0.1) is 13.2 Å². The zero-order valence-corrected chi connectivity index (χ0v) is 9.27. The highest BCUT2D eigenvalue weighted by Gasteiger charge is 2.18. The van der Waals surface area contributed by atoms with Crippen molar-refractivity contribution in [3.05, 3.63) is 53.6 Å². The number of methoxy groups -OCH3 is 1. The van der Waals surface area contributed by atoms with Gasteiger partial charge >= 0.3 is 0 Å². The Hall–Kier alpha value is -2.28. The summed E-state index contributed by atoms with van der Waals surface area (Å²) < 4.78 is 18.4. The molecule has 86 valence electrons. The molecular weight excluding hydrogens is 219 g/mol. The molecule has 17 heavy (non-hydrogen) atoms. The second-order valence-electron chi connectivity index (χ2n) is 3.59. The minimum atomic E-state index is -0.535. The first-order valence-electron chi connectivity index (χ1n) is 5.12. The van der Waals surface area contributed by atoms with Crippen molar-refractivity contribution < 1.29 is 9.13 Å². The predicted molar refractivity (Wildman–Crippen MR) is 61.2 cm³/mol. The van der Waals surface area contributed by atoms with E-state index in [9.17, 15) is 9.65 Å². The zero-order chi connectivity index (χ0) is 12.3. The molecule has 0 radical (unpaired) electrons. The fraction of sp³-hybridized carbons (Fsp3) is 0.154. The van der Waals surface area contributed by atoms with Crippen LogP contribution in [-0.2, 0) is 0 Å². The Bertz CT molecular complexity index is 543. The number of aromatic amines is 1. The van der Waals surface area contributed by atoms with Gasteiger partial charge in [-0.25, -0.2) is 4.39 Å². The third-order valence-electron chi connectivity index (χ3n) is 2.59. The van der Waals surface area contributed by atoms with Gasteiger partial charge in [0.15, 0.2) is 0 Å². The molecule has 4 heteroatoms. The average Bonchev–Trinajstić information content (AvgIpc) is 2.84. The Morgan fingerprint density at radius 1 is 1.41 bits per heavy atom. The van der Waals surface area contributed by atoms with E-state index < -0.39 is 5.92 Å². The van der Waals surface area contributed by atoms with Crippen LogP contribution >= 0.6 is 0 Å². The summed E-state index contributed by atoms with van der Waals surface area (Å²) in [6.07, 6.45) is 3.45. The van der Waals surface area contributed by atoms with Crippen molar-refractivity contribution in [3.8, 4) is 11.8 Å². The van der Waals surface area contributed by atoms with Crippen LogP contribution < -0.4 is 4.74 Å². The lowest BCUT2D eigenvalue weighted by atomic mass is 9.94. The van der Waals surface area contributed by atoms with Gasteiger partial charge in [-0.15, -0.1) is 0 Å². The summed E-state index contributed by atoms with van der Waals surface area (Å²) in [4.78, 5) is 2.88. The van der Waals surface area contributed by atoms with Crippen molar-refractivity contribution in [3.63, 3.8) is 0 Å². The van der Waals surface area contributed by atoms with E-state index in [1.54, 1.807) is 18.5 Å². The molecule has 1 N–H and O–H groups in total. The van der Waals surface area contributed by atoms with Crippen molar-refractivity contribution in [2.24, 2.45) is 0 Å². The van der Waals surface area contributed by atoms with Crippen LogP contribution in [0.2, 0.25) is 0 Å². The van der Waals surface area contributed by atoms with Crippen LogP contribution in [-0.4, -0.2) is 12.1 Å². The molecule has 2 rings (SSSR count). The number of aromatic nitrogens is 1. The van der Waals surface area contributed by atoms with E-state index in [2.05, 4.69) is 11.1 Å². The number of benzene rings is 1. The van der Waals surface area contributed by atoms with Crippen LogP contribution in [0.25, 0.3) is 0 Å². The van der Waals surface area contributed by atoms with Crippen LogP contribution in [0.5, 0.6) is 5.75 Å². The molecule has 0 saturated carbocycles. The molecule has 0 aliphatic carbocycles. The molecule has 2 aromatic rings. The number of rotatable bonds is 3. The monoisotopic (exact) mass is 230 g/mol. The van der Waals surface area contributed by atoms with Gasteiger partial charge in [-0.1, -0.05) is 0 Å². The fourth-order valence-corrected chi connectivity index (χ4v) is 1.77. The molecule has 0 spiro atoms. The lowest BCUT2D eigenvalue weighted by Crippen LogP contribution is -2.01. The molecule has 1 aromatic heterocycles. The van der Waals surface area contributed by atoms with Crippen molar-refractivity contribution in [1.82, 2.24) is 4.98 Å². The molecule has 0 bridgehead atoms. The summed E-state index contributed by atoms with van der Waals surface area (Å²) in [5, 5.41) is 9.22. The fourth-order valence-electron chi connectivity index (χ4n) is 1.77. The molecular formula is C13H11FN2O. The summed E-state index contributed by atoms with van der Waals surface area (Å²) in [6.45, 7) is 0. The van der Waals surface area contributed by atoms with Gasteiger partial charge in [-0.3, -0.25) is 0 Å². The van der Waals surface area contributed by atoms with Gasteiger partial charge in [0, 0.05) is 18.0 Å². The molecule has 1 heterocycles. The van der Waals surface area contributed by atoms with Crippen LogP contribution in [0, 0.1) is 17.1 Å². The van der Waals surface area contributed by atoms with Gasteiger partial charge in [-0.2, -0.15) is 5.26 Å². The van der Waals surface area contributed by atoms with E-state index in [-0.39, 0.29) is 5.82 Å². The van der Waals surface area contributed by atoms with Gasteiger partial charge in [0.1, 0.15) is 17.5 Å². The van der Waals surface area contributed by atoms with Crippen molar-refractivity contribution in [2.75, 3.05) is 7.11 Å². The number of nitrogens with one attached hydrogen (secondary N) is 1. The number of halogens is 1. The minimum absolute atomic E-state index is 0.378. The maximum atomic E-state index is 13.2.